The first-order valence-electron chi connectivity index (χ1n) is 11.9. The zero-order valence-corrected chi connectivity index (χ0v) is 21.1. The van der Waals surface area contributed by atoms with E-state index in [-0.39, 0.29) is 30.9 Å². The monoisotopic (exact) mass is 545 g/mol. The van der Waals surface area contributed by atoms with Gasteiger partial charge in [-0.15, -0.1) is 13.2 Å². The van der Waals surface area contributed by atoms with Gasteiger partial charge in [0.25, 0.3) is 11.5 Å². The number of halogens is 3. The van der Waals surface area contributed by atoms with Gasteiger partial charge in [0.05, 0.1) is 13.7 Å². The van der Waals surface area contributed by atoms with Gasteiger partial charge in [0.2, 0.25) is 5.91 Å². The van der Waals surface area contributed by atoms with Crippen LogP contribution in [-0.2, 0) is 11.3 Å². The lowest BCUT2D eigenvalue weighted by atomic mass is 9.93. The molecule has 39 heavy (non-hydrogen) atoms. The molecule has 0 bridgehead atoms. The highest BCUT2D eigenvalue weighted by molar-refractivity contribution is 6.05. The third kappa shape index (κ3) is 6.06. The Hall–Kier alpha value is -4.32. The van der Waals surface area contributed by atoms with Crippen LogP contribution in [0.1, 0.15) is 27.4 Å². The average molecular weight is 546 g/mol. The number of pyridine rings is 1. The first kappa shape index (κ1) is 27.7. The van der Waals surface area contributed by atoms with Crippen molar-refractivity contribution in [2.45, 2.75) is 31.8 Å². The van der Waals surface area contributed by atoms with Gasteiger partial charge in [0.1, 0.15) is 23.2 Å². The Bertz CT molecular complexity index is 1400. The highest BCUT2D eigenvalue weighted by Gasteiger charge is 2.44. The van der Waals surface area contributed by atoms with E-state index in [0.717, 1.165) is 24.3 Å². The van der Waals surface area contributed by atoms with Gasteiger partial charge in [-0.05, 0) is 60.5 Å². The molecule has 1 aliphatic rings. The number of amides is 2. The summed E-state index contributed by atoms with van der Waals surface area (Å²) in [5.74, 6) is -1.67. The number of alkyl halides is 3. The summed E-state index contributed by atoms with van der Waals surface area (Å²) in [6.07, 6.45) is -3.34. The van der Waals surface area contributed by atoms with Crippen LogP contribution in [0.2, 0.25) is 0 Å². The molecule has 2 amide bonds. The molecule has 2 N–H and O–H groups in total. The molecule has 2 aromatic carbocycles. The van der Waals surface area contributed by atoms with Crippen molar-refractivity contribution in [1.82, 2.24) is 9.88 Å². The first-order chi connectivity index (χ1) is 18.5. The van der Waals surface area contributed by atoms with Gasteiger partial charge in [-0.3, -0.25) is 14.4 Å². The second kappa shape index (κ2) is 11.2. The van der Waals surface area contributed by atoms with Crippen molar-refractivity contribution < 1.29 is 37.3 Å². The maximum Gasteiger partial charge on any atom is 0.573 e. The summed E-state index contributed by atoms with van der Waals surface area (Å²) in [5.41, 5.74) is 0.946. The molecule has 1 saturated heterocycles. The van der Waals surface area contributed by atoms with Crippen LogP contribution >= 0.6 is 0 Å². The molecule has 12 heteroatoms. The lowest BCUT2D eigenvalue weighted by molar-refractivity contribution is -0.274. The van der Waals surface area contributed by atoms with Crippen LogP contribution in [0.4, 0.5) is 18.9 Å². The first-order valence-corrected chi connectivity index (χ1v) is 11.9. The minimum atomic E-state index is -4.87. The molecular formula is C27H26F3N3O6. The van der Waals surface area contributed by atoms with E-state index in [1.165, 1.54) is 22.8 Å². The lowest BCUT2D eigenvalue weighted by Crippen LogP contribution is -2.44. The molecule has 0 saturated carbocycles. The van der Waals surface area contributed by atoms with Crippen molar-refractivity contribution in [3.8, 4) is 11.5 Å². The second-order valence-electron chi connectivity index (χ2n) is 8.92. The van der Waals surface area contributed by atoms with Crippen LogP contribution < -0.4 is 25.2 Å². The van der Waals surface area contributed by atoms with E-state index in [2.05, 4.69) is 10.1 Å². The predicted molar refractivity (Wildman–Crippen MR) is 135 cm³/mol. The number of aliphatic hydroxyl groups is 1. The maximum absolute atomic E-state index is 13.7. The zero-order chi connectivity index (χ0) is 28.3. The number of hydrogen-bond donors (Lipinski definition) is 2. The van der Waals surface area contributed by atoms with Crippen LogP contribution in [0.5, 0.6) is 11.5 Å². The third-order valence-electron chi connectivity index (χ3n) is 6.45. The SMILES string of the molecule is COc1ccc([C@@H]2CN(c3c(C)ccn(CCO)c3=O)C(=O)C2NC(=O)c2ccc(OC(F)(F)F)cc2)cc1. The molecular weight excluding hydrogens is 519 g/mol. The number of aliphatic hydroxyl groups excluding tert-OH is 1. The number of ether oxygens (including phenoxy) is 2. The van der Waals surface area contributed by atoms with E-state index in [0.29, 0.717) is 16.9 Å². The number of rotatable bonds is 8. The third-order valence-corrected chi connectivity index (χ3v) is 6.45. The molecule has 9 nitrogen and oxygen atoms in total. The summed E-state index contributed by atoms with van der Waals surface area (Å²) < 4.78 is 47.8. The summed E-state index contributed by atoms with van der Waals surface area (Å²) in [7, 11) is 1.51. The lowest BCUT2D eigenvalue weighted by Gasteiger charge is -2.20. The molecule has 0 spiro atoms. The molecule has 2 atom stereocenters. The summed E-state index contributed by atoms with van der Waals surface area (Å²) in [6.45, 7) is 1.54. The number of carbonyl (C=O) groups is 2. The fourth-order valence-corrected chi connectivity index (χ4v) is 4.54. The number of carbonyl (C=O) groups excluding carboxylic acids is 2. The van der Waals surface area contributed by atoms with Crippen molar-refractivity contribution in [2.75, 3.05) is 25.2 Å². The molecule has 1 fully saturated rings. The largest absolute Gasteiger partial charge is 0.573 e. The quantitative estimate of drug-likeness (QED) is 0.451. The summed E-state index contributed by atoms with van der Waals surface area (Å²) in [4.78, 5) is 41.3. The van der Waals surface area contributed by atoms with Crippen molar-refractivity contribution in [3.05, 3.63) is 87.8 Å². The number of anilines is 1. The van der Waals surface area contributed by atoms with E-state index in [1.807, 2.05) is 0 Å². The van der Waals surface area contributed by atoms with Gasteiger partial charge in [-0.2, -0.15) is 0 Å². The Morgan fingerprint density at radius 2 is 1.69 bits per heavy atom. The van der Waals surface area contributed by atoms with Gasteiger partial charge in [-0.1, -0.05) is 12.1 Å². The molecule has 206 valence electrons. The fraction of sp³-hybridized carbons (Fsp3) is 0.296. The molecule has 2 heterocycles. The van der Waals surface area contributed by atoms with Crippen LogP contribution in [0, 0.1) is 6.92 Å². The van der Waals surface area contributed by atoms with Crippen molar-refractivity contribution in [2.24, 2.45) is 0 Å². The minimum absolute atomic E-state index is 0.0189. The molecule has 1 unspecified atom stereocenters. The Balaban J connectivity index is 1.67. The van der Waals surface area contributed by atoms with Crippen LogP contribution in [-0.4, -0.2) is 54.2 Å². The Morgan fingerprint density at radius 3 is 2.28 bits per heavy atom. The molecule has 0 radical (unpaired) electrons. The number of benzene rings is 2. The predicted octanol–water partition coefficient (Wildman–Crippen LogP) is 2.99. The van der Waals surface area contributed by atoms with Crippen LogP contribution in [0.15, 0.2) is 65.6 Å². The highest BCUT2D eigenvalue weighted by Crippen LogP contribution is 2.33. The van der Waals surface area contributed by atoms with Gasteiger partial charge >= 0.3 is 6.36 Å². The van der Waals surface area contributed by atoms with Crippen LogP contribution in [0.3, 0.4) is 0 Å². The number of nitrogens with zero attached hydrogens (tertiary/aromatic N) is 2. The summed E-state index contributed by atoms with van der Waals surface area (Å²) >= 11 is 0. The van der Waals surface area contributed by atoms with Gasteiger partial charge in [-0.25, -0.2) is 0 Å². The highest BCUT2D eigenvalue weighted by atomic mass is 19.4. The number of hydrogen-bond acceptors (Lipinski definition) is 6. The molecule has 3 aromatic rings. The Kier molecular flexibility index (Phi) is 7.95. The Morgan fingerprint density at radius 1 is 1.05 bits per heavy atom. The second-order valence-corrected chi connectivity index (χ2v) is 8.92. The van der Waals surface area contributed by atoms with Crippen molar-refractivity contribution >= 4 is 17.5 Å². The van der Waals surface area contributed by atoms with E-state index in [9.17, 15) is 32.7 Å². The summed E-state index contributed by atoms with van der Waals surface area (Å²) in [6, 6.07) is 11.8. The van der Waals surface area contributed by atoms with Gasteiger partial charge in [0, 0.05) is 30.8 Å². The average Bonchev–Trinajstić information content (AvgIpc) is 3.21. The molecule has 1 aromatic heterocycles. The smallest absolute Gasteiger partial charge is 0.497 e. The zero-order valence-electron chi connectivity index (χ0n) is 21.1. The van der Waals surface area contributed by atoms with Gasteiger partial charge in [0.15, 0.2) is 0 Å². The maximum atomic E-state index is 13.7. The standard InChI is InChI=1S/C27H26F3N3O6/c1-16-11-12-32(13-14-34)26(37)23(16)33-15-21(17-3-7-19(38-2)8-4-17)22(25(33)36)31-24(35)18-5-9-20(10-6-18)39-27(28,29)30/h3-12,21-22,34H,13-15H2,1-2H3,(H,31,35)/t21-,22?/m0/s1. The molecule has 1 aliphatic heterocycles. The van der Waals surface area contributed by atoms with Crippen LogP contribution in [0.25, 0.3) is 0 Å². The van der Waals surface area contributed by atoms with E-state index >= 15 is 0 Å². The fourth-order valence-electron chi connectivity index (χ4n) is 4.54. The van der Waals surface area contributed by atoms with E-state index < -0.39 is 41.4 Å². The number of aryl methyl sites for hydroxylation is 1. The summed E-state index contributed by atoms with van der Waals surface area (Å²) in [5, 5.41) is 12.0. The molecule has 4 rings (SSSR count). The number of aromatic nitrogens is 1. The molecule has 0 aliphatic carbocycles. The topological polar surface area (TPSA) is 110 Å². The number of methoxy groups -OCH3 is 1. The normalized spacial score (nSPS) is 17.3. The van der Waals surface area contributed by atoms with Gasteiger partial charge < -0.3 is 29.4 Å². The van der Waals surface area contributed by atoms with Crippen molar-refractivity contribution in [3.63, 3.8) is 0 Å². The van der Waals surface area contributed by atoms with E-state index in [4.69, 9.17) is 4.74 Å². The number of nitrogens with one attached hydrogen (secondary N) is 1. The minimum Gasteiger partial charge on any atom is -0.497 e. The van der Waals surface area contributed by atoms with Crippen molar-refractivity contribution in [1.29, 1.82) is 0 Å². The Labute approximate surface area is 221 Å². The van der Waals surface area contributed by atoms with E-state index in [1.54, 1.807) is 37.3 Å².